The Morgan fingerprint density at radius 1 is 1.67 bits per heavy atom. The maximum Gasteiger partial charge on any atom is 0.105 e. The fourth-order valence-corrected chi connectivity index (χ4v) is 1.69. The Balaban J connectivity index is 2.23. The molecule has 0 aromatic rings. The van der Waals surface area contributed by atoms with Crippen molar-refractivity contribution in [1.29, 1.82) is 0 Å². The number of rotatable bonds is 1. The Hall–Kier alpha value is -1.03. The summed E-state index contributed by atoms with van der Waals surface area (Å²) < 4.78 is 0. The molecule has 4 heteroatoms. The van der Waals surface area contributed by atoms with Crippen LogP contribution in [0.3, 0.4) is 0 Å². The Morgan fingerprint density at radius 3 is 3.25 bits per heavy atom. The third-order valence-corrected chi connectivity index (χ3v) is 2.22. The van der Waals surface area contributed by atoms with E-state index in [2.05, 4.69) is 4.99 Å². The van der Waals surface area contributed by atoms with Gasteiger partial charge in [-0.25, -0.2) is 0 Å². The van der Waals surface area contributed by atoms with Crippen molar-refractivity contribution in [1.82, 2.24) is 9.96 Å². The van der Waals surface area contributed by atoms with E-state index in [-0.39, 0.29) is 0 Å². The van der Waals surface area contributed by atoms with Gasteiger partial charge in [0.05, 0.1) is 12.4 Å². The summed E-state index contributed by atoms with van der Waals surface area (Å²) >= 11 is 0. The summed E-state index contributed by atoms with van der Waals surface area (Å²) in [5, 5.41) is 12.0. The van der Waals surface area contributed by atoms with Crippen LogP contribution >= 0.6 is 0 Å². The van der Waals surface area contributed by atoms with Crippen LogP contribution < -0.4 is 0 Å². The molecule has 0 unspecified atom stereocenters. The Morgan fingerprint density at radius 2 is 2.50 bits per heavy atom. The predicted octanol–water partition coefficient (Wildman–Crippen LogP) is 0.765. The lowest BCUT2D eigenvalue weighted by molar-refractivity contribution is 0.383. The van der Waals surface area contributed by atoms with Gasteiger partial charge in [-0.3, -0.25) is 4.99 Å². The molecule has 2 aliphatic rings. The summed E-state index contributed by atoms with van der Waals surface area (Å²) in [5.74, 6) is 1.84. The van der Waals surface area contributed by atoms with Gasteiger partial charge in [-0.2, -0.15) is 0 Å². The zero-order valence-corrected chi connectivity index (χ0v) is 7.16. The molecule has 2 heterocycles. The smallest absolute Gasteiger partial charge is 0.105 e. The first-order valence-corrected chi connectivity index (χ1v) is 4.21. The summed E-state index contributed by atoms with van der Waals surface area (Å²) in [6.45, 7) is 1.70. The van der Waals surface area contributed by atoms with E-state index in [9.17, 15) is 5.21 Å². The Kier molecular flexibility index (Phi) is 1.77. The van der Waals surface area contributed by atoms with Crippen molar-refractivity contribution in [3.05, 3.63) is 17.1 Å². The van der Waals surface area contributed by atoms with Crippen LogP contribution in [0.25, 0.3) is 0 Å². The zero-order chi connectivity index (χ0) is 8.55. The highest BCUT2D eigenvalue weighted by Crippen LogP contribution is 2.21. The van der Waals surface area contributed by atoms with E-state index in [1.807, 2.05) is 11.0 Å². The molecular weight excluding hydrogens is 154 g/mol. The molecule has 66 valence electrons. The van der Waals surface area contributed by atoms with Gasteiger partial charge in [-0.1, -0.05) is 0 Å². The average Bonchev–Trinajstić information content (AvgIpc) is 2.49. The highest BCUT2D eigenvalue weighted by Gasteiger charge is 2.22. The maximum atomic E-state index is 11.1. The maximum absolute atomic E-state index is 11.1. The second-order valence-corrected chi connectivity index (χ2v) is 3.05. The molecule has 0 bridgehead atoms. The highest BCUT2D eigenvalue weighted by molar-refractivity contribution is 5.86. The summed E-state index contributed by atoms with van der Waals surface area (Å²) in [7, 11) is 1.53. The lowest BCUT2D eigenvalue weighted by Gasteiger charge is -2.37. The van der Waals surface area contributed by atoms with Crippen LogP contribution in [-0.4, -0.2) is 35.9 Å². The Labute approximate surface area is 71.8 Å². The zero-order valence-electron chi connectivity index (χ0n) is 7.16. The normalized spacial score (nSPS) is 21.7. The molecular formula is C8H12N3O-. The second kappa shape index (κ2) is 2.79. The van der Waals surface area contributed by atoms with E-state index in [0.29, 0.717) is 0 Å². The second-order valence-electron chi connectivity index (χ2n) is 3.05. The first kappa shape index (κ1) is 7.61. The summed E-state index contributed by atoms with van der Waals surface area (Å²) in [4.78, 5) is 6.34. The van der Waals surface area contributed by atoms with Crippen molar-refractivity contribution in [2.75, 3.05) is 20.1 Å². The first-order chi connectivity index (χ1) is 5.79. The number of nitrogens with zero attached hydrogens (tertiary/aromatic N) is 3. The van der Waals surface area contributed by atoms with Crippen LogP contribution in [-0.2, 0) is 0 Å². The van der Waals surface area contributed by atoms with Crippen molar-refractivity contribution < 1.29 is 0 Å². The molecule has 0 saturated carbocycles. The number of aliphatic imine (C=N–C) groups is 1. The lowest BCUT2D eigenvalue weighted by atomic mass is 10.2. The van der Waals surface area contributed by atoms with E-state index >= 15 is 0 Å². The van der Waals surface area contributed by atoms with E-state index in [4.69, 9.17) is 0 Å². The van der Waals surface area contributed by atoms with Crippen molar-refractivity contribution >= 4 is 5.84 Å². The van der Waals surface area contributed by atoms with Crippen LogP contribution in [0.1, 0.15) is 12.8 Å². The molecule has 2 aliphatic heterocycles. The quantitative estimate of drug-likeness (QED) is 0.540. The van der Waals surface area contributed by atoms with E-state index in [1.165, 1.54) is 7.05 Å². The van der Waals surface area contributed by atoms with Crippen molar-refractivity contribution in [2.45, 2.75) is 12.8 Å². The van der Waals surface area contributed by atoms with Crippen molar-refractivity contribution in [2.24, 2.45) is 4.99 Å². The largest absolute Gasteiger partial charge is 0.757 e. The number of hydrogen-bond donors (Lipinski definition) is 0. The standard InChI is InChI=1S/C8H12N3O/c1-10(12)8-4-2-3-7-9-5-6-11(7)8/h4H,2-3,5-6H2,1H3/q-1. The molecule has 0 fully saturated rings. The third-order valence-electron chi connectivity index (χ3n) is 2.22. The number of fused-ring (bicyclic) bond motifs is 1. The minimum atomic E-state index is 0.762. The van der Waals surface area contributed by atoms with Gasteiger partial charge in [0.2, 0.25) is 0 Å². The van der Waals surface area contributed by atoms with Gasteiger partial charge < -0.3 is 15.2 Å². The highest BCUT2D eigenvalue weighted by atomic mass is 16.5. The molecule has 0 spiro atoms. The van der Waals surface area contributed by atoms with Gasteiger partial charge in [-0.05, 0) is 19.5 Å². The summed E-state index contributed by atoms with van der Waals surface area (Å²) in [6, 6.07) is 0. The van der Waals surface area contributed by atoms with Crippen molar-refractivity contribution in [3.8, 4) is 0 Å². The van der Waals surface area contributed by atoms with Crippen LogP contribution in [0.2, 0.25) is 0 Å². The van der Waals surface area contributed by atoms with Gasteiger partial charge in [-0.15, -0.1) is 0 Å². The monoisotopic (exact) mass is 166 g/mol. The topological polar surface area (TPSA) is 41.9 Å². The fourth-order valence-electron chi connectivity index (χ4n) is 1.69. The Bertz CT molecular complexity index is 245. The molecule has 0 aromatic carbocycles. The minimum Gasteiger partial charge on any atom is -0.757 e. The lowest BCUT2D eigenvalue weighted by Crippen LogP contribution is -2.35. The molecule has 4 nitrogen and oxygen atoms in total. The molecule has 0 radical (unpaired) electrons. The predicted molar refractivity (Wildman–Crippen MR) is 47.5 cm³/mol. The number of allylic oxidation sites excluding steroid dienone is 1. The minimum absolute atomic E-state index is 0.762. The third kappa shape index (κ3) is 1.08. The first-order valence-electron chi connectivity index (χ1n) is 4.21. The number of hydrogen-bond acceptors (Lipinski definition) is 4. The summed E-state index contributed by atoms with van der Waals surface area (Å²) in [6.07, 6.45) is 3.91. The van der Waals surface area contributed by atoms with E-state index < -0.39 is 0 Å². The molecule has 0 atom stereocenters. The van der Waals surface area contributed by atoms with Crippen molar-refractivity contribution in [3.63, 3.8) is 0 Å². The van der Waals surface area contributed by atoms with E-state index in [0.717, 1.165) is 42.7 Å². The molecule has 0 aliphatic carbocycles. The molecule has 0 saturated heterocycles. The average molecular weight is 166 g/mol. The summed E-state index contributed by atoms with van der Waals surface area (Å²) in [5.41, 5.74) is 0. The van der Waals surface area contributed by atoms with Gasteiger partial charge in [0.15, 0.2) is 0 Å². The van der Waals surface area contributed by atoms with E-state index in [1.54, 1.807) is 0 Å². The molecule has 12 heavy (non-hydrogen) atoms. The van der Waals surface area contributed by atoms with Gasteiger partial charge in [0.25, 0.3) is 0 Å². The van der Waals surface area contributed by atoms with Crippen LogP contribution in [0.5, 0.6) is 0 Å². The fraction of sp³-hybridized carbons (Fsp3) is 0.625. The van der Waals surface area contributed by atoms with Gasteiger partial charge in [0.1, 0.15) is 5.84 Å². The SMILES string of the molecule is CN([O-])C1=CCCC2=NCCN12. The van der Waals surface area contributed by atoms with Gasteiger partial charge in [0, 0.05) is 13.0 Å². The number of amidine groups is 1. The number of hydroxylamine groups is 2. The van der Waals surface area contributed by atoms with Crippen LogP contribution in [0, 0.1) is 5.21 Å². The van der Waals surface area contributed by atoms with Crippen LogP contribution in [0.15, 0.2) is 16.9 Å². The molecule has 0 amide bonds. The molecule has 0 aromatic heterocycles. The molecule has 2 rings (SSSR count). The van der Waals surface area contributed by atoms with Crippen LogP contribution in [0.4, 0.5) is 0 Å². The van der Waals surface area contributed by atoms with Gasteiger partial charge >= 0.3 is 0 Å². The molecule has 0 N–H and O–H groups in total.